The third-order valence-corrected chi connectivity index (χ3v) is 5.82. The molecule has 0 aromatic rings. The molecule has 18 heavy (non-hydrogen) atoms. The van der Waals surface area contributed by atoms with Gasteiger partial charge in [-0.15, -0.1) is 0 Å². The van der Waals surface area contributed by atoms with E-state index in [0.29, 0.717) is 17.4 Å². The first-order valence-corrected chi connectivity index (χ1v) is 8.34. The second-order valence-corrected chi connectivity index (χ2v) is 7.67. The van der Waals surface area contributed by atoms with Crippen LogP contribution >= 0.6 is 0 Å². The lowest BCUT2D eigenvalue weighted by molar-refractivity contribution is -0.142. The van der Waals surface area contributed by atoms with Gasteiger partial charge in [0, 0.05) is 0 Å². The molecule has 2 fully saturated rings. The molecule has 0 radical (unpaired) electrons. The summed E-state index contributed by atoms with van der Waals surface area (Å²) < 4.78 is 27.8. The monoisotopic (exact) mass is 275 g/mol. The van der Waals surface area contributed by atoms with Gasteiger partial charge in [-0.2, -0.15) is 0 Å². The van der Waals surface area contributed by atoms with Crippen molar-refractivity contribution in [3.8, 4) is 0 Å². The van der Waals surface area contributed by atoms with E-state index in [1.807, 2.05) is 0 Å². The highest BCUT2D eigenvalue weighted by atomic mass is 32.2. The molecule has 0 aromatic carbocycles. The van der Waals surface area contributed by atoms with Gasteiger partial charge in [-0.25, -0.2) is 8.42 Å². The van der Waals surface area contributed by atoms with Gasteiger partial charge in [0.15, 0.2) is 9.84 Å². The summed E-state index contributed by atoms with van der Waals surface area (Å²) in [6.07, 6.45) is 3.45. The van der Waals surface area contributed by atoms with Crippen molar-refractivity contribution in [1.82, 2.24) is 5.32 Å². The van der Waals surface area contributed by atoms with E-state index in [0.717, 1.165) is 32.2 Å². The van der Waals surface area contributed by atoms with E-state index < -0.39 is 9.84 Å². The predicted molar refractivity (Wildman–Crippen MR) is 67.9 cm³/mol. The molecule has 2 saturated heterocycles. The van der Waals surface area contributed by atoms with Crippen LogP contribution in [0.2, 0.25) is 0 Å². The van der Waals surface area contributed by atoms with E-state index in [2.05, 4.69) is 5.32 Å². The number of sulfone groups is 1. The Hall–Kier alpha value is -0.620. The Morgan fingerprint density at radius 3 is 2.83 bits per heavy atom. The number of hydrogen-bond donors (Lipinski definition) is 1. The molecule has 6 heteroatoms. The molecule has 0 saturated carbocycles. The van der Waals surface area contributed by atoms with Gasteiger partial charge in [0.05, 0.1) is 18.6 Å². The topological polar surface area (TPSA) is 72.5 Å². The van der Waals surface area contributed by atoms with Crippen LogP contribution in [-0.2, 0) is 19.4 Å². The summed E-state index contributed by atoms with van der Waals surface area (Å²) in [5.41, 5.74) is 0. The number of rotatable bonds is 3. The number of esters is 1. The van der Waals surface area contributed by atoms with Crippen LogP contribution in [0.1, 0.15) is 25.7 Å². The molecule has 0 spiro atoms. The molecular formula is C12H21NO4S. The smallest absolute Gasteiger partial charge is 0.322 e. The lowest BCUT2D eigenvalue weighted by atomic mass is 9.90. The van der Waals surface area contributed by atoms with Gasteiger partial charge in [0.2, 0.25) is 0 Å². The number of methoxy groups -OCH3 is 1. The van der Waals surface area contributed by atoms with E-state index in [1.54, 1.807) is 0 Å². The number of nitrogens with one attached hydrogen (secondary N) is 1. The largest absolute Gasteiger partial charge is 0.468 e. The number of carbonyl (C=O) groups is 1. The van der Waals surface area contributed by atoms with Crippen molar-refractivity contribution < 1.29 is 17.9 Å². The second kappa shape index (κ2) is 5.57. The van der Waals surface area contributed by atoms with Crippen molar-refractivity contribution in [2.24, 2.45) is 11.8 Å². The molecule has 0 aromatic heterocycles. The maximum absolute atomic E-state index is 11.6. The van der Waals surface area contributed by atoms with Crippen LogP contribution in [0.4, 0.5) is 0 Å². The molecule has 3 atom stereocenters. The first-order chi connectivity index (χ1) is 8.50. The van der Waals surface area contributed by atoms with Crippen LogP contribution in [0.3, 0.4) is 0 Å². The maximum Gasteiger partial charge on any atom is 0.322 e. The number of ether oxygens (including phenoxy) is 1. The number of carbonyl (C=O) groups excluding carboxylic acids is 1. The Kier molecular flexibility index (Phi) is 4.27. The van der Waals surface area contributed by atoms with Crippen LogP contribution in [0.25, 0.3) is 0 Å². The van der Waals surface area contributed by atoms with Gasteiger partial charge in [0.25, 0.3) is 0 Å². The third kappa shape index (κ3) is 3.45. The molecule has 0 bridgehead atoms. The molecule has 104 valence electrons. The Bertz CT molecular complexity index is 406. The summed E-state index contributed by atoms with van der Waals surface area (Å²) in [7, 11) is -1.43. The Balaban J connectivity index is 1.83. The summed E-state index contributed by atoms with van der Waals surface area (Å²) >= 11 is 0. The van der Waals surface area contributed by atoms with Crippen molar-refractivity contribution in [2.45, 2.75) is 31.7 Å². The molecule has 1 N–H and O–H groups in total. The van der Waals surface area contributed by atoms with Crippen molar-refractivity contribution >= 4 is 15.8 Å². The van der Waals surface area contributed by atoms with Crippen molar-refractivity contribution in [3.63, 3.8) is 0 Å². The highest BCUT2D eigenvalue weighted by molar-refractivity contribution is 7.91. The minimum Gasteiger partial charge on any atom is -0.468 e. The first-order valence-electron chi connectivity index (χ1n) is 6.52. The molecule has 3 unspecified atom stereocenters. The van der Waals surface area contributed by atoms with Gasteiger partial charge < -0.3 is 10.1 Å². The average Bonchev–Trinajstić information content (AvgIpc) is 2.75. The maximum atomic E-state index is 11.6. The summed E-state index contributed by atoms with van der Waals surface area (Å²) in [4.78, 5) is 11.4. The van der Waals surface area contributed by atoms with E-state index >= 15 is 0 Å². The molecule has 5 nitrogen and oxygen atoms in total. The van der Waals surface area contributed by atoms with E-state index in [1.165, 1.54) is 7.11 Å². The molecule has 2 rings (SSSR count). The quantitative estimate of drug-likeness (QED) is 0.753. The molecule has 2 aliphatic rings. The van der Waals surface area contributed by atoms with Crippen LogP contribution < -0.4 is 5.32 Å². The van der Waals surface area contributed by atoms with E-state index in [4.69, 9.17) is 4.74 Å². The third-order valence-electron chi connectivity index (χ3n) is 3.93. The van der Waals surface area contributed by atoms with Gasteiger partial charge in [-0.05, 0) is 44.1 Å². The lowest BCUT2D eigenvalue weighted by Crippen LogP contribution is -2.31. The summed E-state index contributed by atoms with van der Waals surface area (Å²) in [6.45, 7) is 0.788. The first kappa shape index (κ1) is 13.8. The average molecular weight is 275 g/mol. The van der Waals surface area contributed by atoms with Crippen LogP contribution in [0.15, 0.2) is 0 Å². The van der Waals surface area contributed by atoms with Crippen LogP contribution in [0, 0.1) is 11.8 Å². The van der Waals surface area contributed by atoms with Gasteiger partial charge in [-0.1, -0.05) is 0 Å². The van der Waals surface area contributed by atoms with Crippen LogP contribution in [0.5, 0.6) is 0 Å². The van der Waals surface area contributed by atoms with Crippen molar-refractivity contribution in [2.75, 3.05) is 25.2 Å². The predicted octanol–water partition coefficient (Wildman–Crippen LogP) is 0.352. The zero-order chi connectivity index (χ0) is 13.2. The molecule has 0 amide bonds. The minimum atomic E-state index is -2.82. The van der Waals surface area contributed by atoms with Crippen molar-refractivity contribution in [1.29, 1.82) is 0 Å². The zero-order valence-corrected chi connectivity index (χ0v) is 11.5. The fourth-order valence-corrected chi connectivity index (χ4v) is 4.88. The van der Waals surface area contributed by atoms with Gasteiger partial charge in [-0.3, -0.25) is 4.79 Å². The normalized spacial score (nSPS) is 35.3. The highest BCUT2D eigenvalue weighted by Crippen LogP contribution is 2.28. The summed E-state index contributed by atoms with van der Waals surface area (Å²) in [5, 5.41) is 3.14. The fourth-order valence-electron chi connectivity index (χ4n) is 3.09. The number of hydrogen-bond acceptors (Lipinski definition) is 5. The lowest BCUT2D eigenvalue weighted by Gasteiger charge is -2.24. The zero-order valence-electron chi connectivity index (χ0n) is 10.7. The second-order valence-electron chi connectivity index (χ2n) is 5.44. The van der Waals surface area contributed by atoms with E-state index in [9.17, 15) is 13.2 Å². The Labute approximate surface area is 108 Å². The Morgan fingerprint density at radius 1 is 1.39 bits per heavy atom. The summed E-state index contributed by atoms with van der Waals surface area (Å²) in [5.74, 6) is 1.12. The molecule has 2 heterocycles. The minimum absolute atomic E-state index is 0.208. The standard InChI is InChI=1S/C12H21NO4S/c1-17-12(14)11-6-10(7-13-11)5-9-3-2-4-18(15,16)8-9/h9-11,13H,2-8H2,1H3. The van der Waals surface area contributed by atoms with Gasteiger partial charge in [0.1, 0.15) is 6.04 Å². The molecular weight excluding hydrogens is 254 g/mol. The van der Waals surface area contributed by atoms with Crippen molar-refractivity contribution in [3.05, 3.63) is 0 Å². The SMILES string of the molecule is COC(=O)C1CC(CC2CCCS(=O)(=O)C2)CN1. The molecule has 2 aliphatic heterocycles. The highest BCUT2D eigenvalue weighted by Gasteiger charge is 2.33. The van der Waals surface area contributed by atoms with E-state index in [-0.39, 0.29) is 17.9 Å². The van der Waals surface area contributed by atoms with Gasteiger partial charge >= 0.3 is 5.97 Å². The summed E-state index contributed by atoms with van der Waals surface area (Å²) in [6, 6.07) is -0.208. The molecule has 0 aliphatic carbocycles. The van der Waals surface area contributed by atoms with Crippen LogP contribution in [-0.4, -0.2) is 45.6 Å². The Morgan fingerprint density at radius 2 is 2.17 bits per heavy atom. The fraction of sp³-hybridized carbons (Fsp3) is 0.917.